The van der Waals surface area contributed by atoms with Crippen LogP contribution in [0, 0.1) is 17.5 Å². The van der Waals surface area contributed by atoms with Crippen molar-refractivity contribution in [3.8, 4) is 0 Å². The number of anilines is 1. The lowest BCUT2D eigenvalue weighted by molar-refractivity contribution is -0.131. The van der Waals surface area contributed by atoms with E-state index >= 15 is 0 Å². The molecule has 2 aromatic carbocycles. The van der Waals surface area contributed by atoms with Gasteiger partial charge in [0.05, 0.1) is 4.70 Å². The van der Waals surface area contributed by atoms with Gasteiger partial charge in [0.15, 0.2) is 10.9 Å². The topological polar surface area (TPSA) is 36.4 Å². The molecule has 0 atom stereocenters. The molecule has 9 heteroatoms. The summed E-state index contributed by atoms with van der Waals surface area (Å²) in [7, 11) is 0. The van der Waals surface area contributed by atoms with Gasteiger partial charge >= 0.3 is 0 Å². The minimum atomic E-state index is -0.657. The molecule has 0 unspecified atom stereocenters. The first-order chi connectivity index (χ1) is 14.0. The zero-order valence-corrected chi connectivity index (χ0v) is 17.0. The molecule has 1 saturated heterocycles. The maximum absolute atomic E-state index is 13.9. The molecule has 1 fully saturated rings. The standard InChI is InChI=1S/C20H18F3N3OS2/c21-13-1-3-15(4-2-13)28-10-5-18(27)25-6-8-26(9-7-25)20-24-19-16(23)11-14(22)12-17(19)29-20/h1-4,11-12H,5-10H2. The summed E-state index contributed by atoms with van der Waals surface area (Å²) in [5, 5.41) is 0.642. The van der Waals surface area contributed by atoms with Crippen molar-refractivity contribution < 1.29 is 18.0 Å². The zero-order chi connectivity index (χ0) is 20.4. The average Bonchev–Trinajstić information content (AvgIpc) is 3.14. The molecule has 0 N–H and O–H groups in total. The fraction of sp³-hybridized carbons (Fsp3) is 0.300. The molecule has 2 heterocycles. The number of carbonyl (C=O) groups is 1. The average molecular weight is 438 g/mol. The number of amides is 1. The Morgan fingerprint density at radius 3 is 2.48 bits per heavy atom. The number of carbonyl (C=O) groups excluding carboxylic acids is 1. The van der Waals surface area contributed by atoms with Gasteiger partial charge in [-0.05, 0) is 30.3 Å². The molecular formula is C20H18F3N3OS2. The summed E-state index contributed by atoms with van der Waals surface area (Å²) < 4.78 is 40.6. The molecule has 0 saturated carbocycles. The van der Waals surface area contributed by atoms with Crippen LogP contribution in [0.5, 0.6) is 0 Å². The van der Waals surface area contributed by atoms with Gasteiger partial charge in [0.25, 0.3) is 0 Å². The van der Waals surface area contributed by atoms with Crippen LogP contribution in [0.25, 0.3) is 10.2 Å². The van der Waals surface area contributed by atoms with Crippen LogP contribution in [0.15, 0.2) is 41.3 Å². The number of halogens is 3. The molecule has 29 heavy (non-hydrogen) atoms. The van der Waals surface area contributed by atoms with Crippen LogP contribution in [-0.2, 0) is 4.79 Å². The van der Waals surface area contributed by atoms with E-state index in [1.54, 1.807) is 12.1 Å². The number of nitrogens with zero attached hydrogens (tertiary/aromatic N) is 3. The fourth-order valence-electron chi connectivity index (χ4n) is 3.17. The third-order valence-electron chi connectivity index (χ3n) is 4.70. The lowest BCUT2D eigenvalue weighted by Gasteiger charge is -2.34. The van der Waals surface area contributed by atoms with Crippen LogP contribution in [-0.4, -0.2) is 47.7 Å². The molecule has 1 aliphatic heterocycles. The number of aromatic nitrogens is 1. The second-order valence-electron chi connectivity index (χ2n) is 6.65. The molecular weight excluding hydrogens is 419 g/mol. The van der Waals surface area contributed by atoms with Crippen molar-refractivity contribution in [1.82, 2.24) is 9.88 Å². The molecule has 4 nitrogen and oxygen atoms in total. The second kappa shape index (κ2) is 8.62. The molecule has 1 aliphatic rings. The molecule has 3 aromatic rings. The first kappa shape index (κ1) is 20.0. The third-order valence-corrected chi connectivity index (χ3v) is 6.78. The number of thiazole rings is 1. The number of benzene rings is 2. The third kappa shape index (κ3) is 4.67. The summed E-state index contributed by atoms with van der Waals surface area (Å²) in [6, 6.07) is 8.35. The lowest BCUT2D eigenvalue weighted by atomic mass is 10.3. The Kier molecular flexibility index (Phi) is 5.96. The molecule has 0 radical (unpaired) electrons. The van der Waals surface area contributed by atoms with E-state index in [4.69, 9.17) is 0 Å². The summed E-state index contributed by atoms with van der Waals surface area (Å²) in [5.41, 5.74) is 0.183. The Labute approximate surface area is 174 Å². The highest BCUT2D eigenvalue weighted by molar-refractivity contribution is 7.99. The van der Waals surface area contributed by atoms with Crippen molar-refractivity contribution >= 4 is 44.4 Å². The van der Waals surface area contributed by atoms with Gasteiger partial charge in [0.1, 0.15) is 17.2 Å². The van der Waals surface area contributed by atoms with Crippen LogP contribution in [0.3, 0.4) is 0 Å². The summed E-state index contributed by atoms with van der Waals surface area (Å²) in [6.45, 7) is 2.32. The Morgan fingerprint density at radius 1 is 1.03 bits per heavy atom. The van der Waals surface area contributed by atoms with Crippen molar-refractivity contribution in [2.75, 3.05) is 36.8 Å². The summed E-state index contributed by atoms with van der Waals surface area (Å²) >= 11 is 2.78. The van der Waals surface area contributed by atoms with E-state index in [2.05, 4.69) is 4.98 Å². The Bertz CT molecular complexity index is 1020. The highest BCUT2D eigenvalue weighted by atomic mass is 32.2. The SMILES string of the molecule is O=C(CCSc1ccc(F)cc1)N1CCN(c2nc3c(F)cc(F)cc3s2)CC1. The van der Waals surface area contributed by atoms with Crippen LogP contribution in [0.1, 0.15) is 6.42 Å². The minimum Gasteiger partial charge on any atom is -0.345 e. The zero-order valence-electron chi connectivity index (χ0n) is 15.4. The molecule has 0 aliphatic carbocycles. The predicted octanol–water partition coefficient (Wildman–Crippen LogP) is 4.54. The lowest BCUT2D eigenvalue weighted by Crippen LogP contribution is -2.48. The molecule has 0 spiro atoms. The second-order valence-corrected chi connectivity index (χ2v) is 8.83. The fourth-order valence-corrected chi connectivity index (χ4v) is 5.07. The Hall–Kier alpha value is -2.26. The molecule has 1 amide bonds. The van der Waals surface area contributed by atoms with Gasteiger partial charge in [-0.2, -0.15) is 0 Å². The van der Waals surface area contributed by atoms with E-state index in [0.29, 0.717) is 48.2 Å². The Morgan fingerprint density at radius 2 is 1.76 bits per heavy atom. The summed E-state index contributed by atoms with van der Waals surface area (Å²) in [4.78, 5) is 21.5. The largest absolute Gasteiger partial charge is 0.345 e. The Balaban J connectivity index is 1.29. The van der Waals surface area contributed by atoms with Gasteiger partial charge in [-0.1, -0.05) is 11.3 Å². The monoisotopic (exact) mass is 437 g/mol. The van der Waals surface area contributed by atoms with Crippen molar-refractivity contribution in [1.29, 1.82) is 0 Å². The van der Waals surface area contributed by atoms with Crippen LogP contribution < -0.4 is 4.90 Å². The van der Waals surface area contributed by atoms with E-state index in [0.717, 1.165) is 11.0 Å². The van der Waals surface area contributed by atoms with Gasteiger partial charge < -0.3 is 9.80 Å². The first-order valence-corrected chi connectivity index (χ1v) is 11.0. The molecule has 0 bridgehead atoms. The quantitative estimate of drug-likeness (QED) is 0.549. The van der Waals surface area contributed by atoms with E-state index < -0.39 is 11.6 Å². The maximum Gasteiger partial charge on any atom is 0.223 e. The van der Waals surface area contributed by atoms with Gasteiger partial charge in [-0.25, -0.2) is 18.2 Å². The van der Waals surface area contributed by atoms with Gasteiger partial charge in [-0.3, -0.25) is 4.79 Å². The molecule has 4 rings (SSSR count). The highest BCUT2D eigenvalue weighted by Crippen LogP contribution is 2.31. The number of hydrogen-bond donors (Lipinski definition) is 0. The maximum atomic E-state index is 13.9. The number of thioether (sulfide) groups is 1. The van der Waals surface area contributed by atoms with Gasteiger partial charge in [0, 0.05) is 49.3 Å². The van der Waals surface area contributed by atoms with Crippen LogP contribution in [0.2, 0.25) is 0 Å². The van der Waals surface area contributed by atoms with Crippen molar-refractivity contribution in [3.05, 3.63) is 53.8 Å². The minimum absolute atomic E-state index is 0.0803. The van der Waals surface area contributed by atoms with Crippen LogP contribution >= 0.6 is 23.1 Å². The highest BCUT2D eigenvalue weighted by Gasteiger charge is 2.23. The smallest absolute Gasteiger partial charge is 0.223 e. The molecule has 1 aromatic heterocycles. The first-order valence-electron chi connectivity index (χ1n) is 9.16. The summed E-state index contributed by atoms with van der Waals surface area (Å²) in [6.07, 6.45) is 0.410. The van der Waals surface area contributed by atoms with Gasteiger partial charge in [-0.15, -0.1) is 11.8 Å². The number of rotatable bonds is 5. The van der Waals surface area contributed by atoms with E-state index in [-0.39, 0.29) is 17.2 Å². The van der Waals surface area contributed by atoms with Crippen molar-refractivity contribution in [2.45, 2.75) is 11.3 Å². The van der Waals surface area contributed by atoms with E-state index in [9.17, 15) is 18.0 Å². The summed E-state index contributed by atoms with van der Waals surface area (Å²) in [5.74, 6) is -0.831. The predicted molar refractivity (Wildman–Crippen MR) is 110 cm³/mol. The van der Waals surface area contributed by atoms with Gasteiger partial charge in [0.2, 0.25) is 5.91 Å². The number of fused-ring (bicyclic) bond motifs is 1. The van der Waals surface area contributed by atoms with Crippen LogP contribution in [0.4, 0.5) is 18.3 Å². The van der Waals surface area contributed by atoms with E-state index in [1.807, 2.05) is 9.80 Å². The number of hydrogen-bond acceptors (Lipinski definition) is 5. The van der Waals surface area contributed by atoms with Crippen molar-refractivity contribution in [3.63, 3.8) is 0 Å². The molecule has 152 valence electrons. The van der Waals surface area contributed by atoms with Crippen molar-refractivity contribution in [2.24, 2.45) is 0 Å². The normalized spacial score (nSPS) is 14.6. The number of piperazine rings is 1. The van der Waals surface area contributed by atoms with E-state index in [1.165, 1.54) is 41.3 Å².